The molecule has 0 aromatic carbocycles. The number of carbonyl (C=O) groups excluding carboxylic acids is 1. The van der Waals surface area contributed by atoms with Crippen LogP contribution in [0.4, 0.5) is 11.5 Å². The van der Waals surface area contributed by atoms with E-state index in [0.29, 0.717) is 12.3 Å². The molecule has 6 nitrogen and oxygen atoms in total. The van der Waals surface area contributed by atoms with Gasteiger partial charge in [0.05, 0.1) is 6.26 Å². The van der Waals surface area contributed by atoms with Crippen LogP contribution in [0, 0.1) is 13.8 Å². The van der Waals surface area contributed by atoms with E-state index >= 15 is 0 Å². The Hall–Kier alpha value is -3.41. The highest BCUT2D eigenvalue weighted by Crippen LogP contribution is 2.29. The molecule has 0 unspecified atom stereocenters. The number of hydrogen-bond donors (Lipinski definition) is 1. The summed E-state index contributed by atoms with van der Waals surface area (Å²) >= 11 is 0. The summed E-state index contributed by atoms with van der Waals surface area (Å²) in [6.07, 6.45) is 8.66. The fourth-order valence-electron chi connectivity index (χ4n) is 3.79. The first-order chi connectivity index (χ1) is 14.6. The molecule has 6 heteroatoms. The monoisotopic (exact) mass is 402 g/mol. The van der Waals surface area contributed by atoms with Crippen LogP contribution in [0.2, 0.25) is 0 Å². The van der Waals surface area contributed by atoms with Crippen molar-refractivity contribution < 1.29 is 9.21 Å². The number of aromatic nitrogens is 2. The highest BCUT2D eigenvalue weighted by molar-refractivity contribution is 5.91. The second-order valence-corrected chi connectivity index (χ2v) is 7.69. The minimum Gasteiger partial charge on any atom is -0.465 e. The molecule has 3 aromatic rings. The van der Waals surface area contributed by atoms with Crippen LogP contribution < -0.4 is 5.32 Å². The van der Waals surface area contributed by atoms with E-state index in [1.165, 1.54) is 0 Å². The third-order valence-corrected chi connectivity index (χ3v) is 5.33. The molecule has 4 rings (SSSR count). The Balaban J connectivity index is 1.48. The second kappa shape index (κ2) is 8.95. The summed E-state index contributed by atoms with van der Waals surface area (Å²) in [6, 6.07) is 11.7. The van der Waals surface area contributed by atoms with Crippen LogP contribution in [0.5, 0.6) is 0 Å². The fourth-order valence-corrected chi connectivity index (χ4v) is 3.79. The number of amides is 1. The van der Waals surface area contributed by atoms with E-state index in [0.717, 1.165) is 47.8 Å². The third kappa shape index (κ3) is 4.76. The van der Waals surface area contributed by atoms with Crippen LogP contribution in [0.25, 0.3) is 6.08 Å². The smallest absolute Gasteiger partial charge is 0.246 e. The predicted molar refractivity (Wildman–Crippen MR) is 118 cm³/mol. The highest BCUT2D eigenvalue weighted by atomic mass is 16.3. The van der Waals surface area contributed by atoms with Gasteiger partial charge in [0.1, 0.15) is 11.6 Å². The molecule has 1 amide bonds. The Morgan fingerprint density at radius 2 is 2.17 bits per heavy atom. The molecule has 1 aliphatic rings. The standard InChI is InChI=1S/C24H26N4O2/c1-17-6-3-11-25-24(17)27-20-14-18(2)26-22(15-20)19-7-4-12-28(16-19)23(29)10-9-21-8-5-13-30-21/h3,5-6,8-11,13-15,19H,4,7,12,16H2,1-2H3,(H,25,26,27)/b10-9+/t19-/m0/s1. The van der Waals surface area contributed by atoms with Crippen LogP contribution in [0.15, 0.2) is 59.4 Å². The van der Waals surface area contributed by atoms with E-state index in [1.54, 1.807) is 24.6 Å². The summed E-state index contributed by atoms with van der Waals surface area (Å²) in [5, 5.41) is 3.41. The number of nitrogens with one attached hydrogen (secondary N) is 1. The molecule has 1 atom stereocenters. The topological polar surface area (TPSA) is 71.3 Å². The van der Waals surface area contributed by atoms with Gasteiger partial charge in [-0.15, -0.1) is 0 Å². The predicted octanol–water partition coefficient (Wildman–Crippen LogP) is 4.85. The Labute approximate surface area is 176 Å². The van der Waals surface area contributed by atoms with E-state index in [1.807, 2.05) is 49.1 Å². The number of likely N-dealkylation sites (tertiary alicyclic amines) is 1. The molecule has 0 aliphatic carbocycles. The minimum atomic E-state index is 0.00575. The van der Waals surface area contributed by atoms with Crippen molar-refractivity contribution in [2.45, 2.75) is 32.6 Å². The van der Waals surface area contributed by atoms with Crippen LogP contribution in [-0.2, 0) is 4.79 Å². The van der Waals surface area contributed by atoms with E-state index in [-0.39, 0.29) is 11.8 Å². The zero-order chi connectivity index (χ0) is 20.9. The molecule has 0 saturated carbocycles. The van der Waals surface area contributed by atoms with Gasteiger partial charge in [0, 0.05) is 48.4 Å². The molecule has 1 fully saturated rings. The quantitative estimate of drug-likeness (QED) is 0.618. The SMILES string of the molecule is Cc1cc(Nc2ncccc2C)cc([C@H]2CCCN(C(=O)/C=C/c3ccco3)C2)n1. The van der Waals surface area contributed by atoms with Crippen molar-refractivity contribution in [1.82, 2.24) is 14.9 Å². The molecule has 0 spiro atoms. The van der Waals surface area contributed by atoms with Crippen molar-refractivity contribution in [2.75, 3.05) is 18.4 Å². The number of furan rings is 1. The van der Waals surface area contributed by atoms with Gasteiger partial charge in [0.15, 0.2) is 0 Å². The molecule has 30 heavy (non-hydrogen) atoms. The molecule has 1 aliphatic heterocycles. The van der Waals surface area contributed by atoms with Crippen LogP contribution >= 0.6 is 0 Å². The second-order valence-electron chi connectivity index (χ2n) is 7.69. The lowest BCUT2D eigenvalue weighted by Crippen LogP contribution is -2.38. The molecule has 4 heterocycles. The van der Waals surface area contributed by atoms with E-state index < -0.39 is 0 Å². The molecule has 3 aromatic heterocycles. The zero-order valence-electron chi connectivity index (χ0n) is 17.3. The zero-order valence-corrected chi connectivity index (χ0v) is 17.3. The van der Waals surface area contributed by atoms with Crippen molar-refractivity contribution >= 4 is 23.5 Å². The number of nitrogens with zero attached hydrogens (tertiary/aromatic N) is 3. The lowest BCUT2D eigenvalue weighted by Gasteiger charge is -2.32. The van der Waals surface area contributed by atoms with Crippen molar-refractivity contribution in [3.63, 3.8) is 0 Å². The van der Waals surface area contributed by atoms with Crippen molar-refractivity contribution in [1.29, 1.82) is 0 Å². The van der Waals surface area contributed by atoms with Gasteiger partial charge in [-0.25, -0.2) is 4.98 Å². The average Bonchev–Trinajstić information content (AvgIpc) is 3.27. The third-order valence-electron chi connectivity index (χ3n) is 5.33. The molecular formula is C24H26N4O2. The molecule has 1 N–H and O–H groups in total. The van der Waals surface area contributed by atoms with Crippen molar-refractivity contribution in [2.24, 2.45) is 0 Å². The maximum atomic E-state index is 12.6. The van der Waals surface area contributed by atoms with Gasteiger partial charge in [-0.2, -0.15) is 0 Å². The first-order valence-electron chi connectivity index (χ1n) is 10.3. The summed E-state index contributed by atoms with van der Waals surface area (Å²) in [7, 11) is 0. The van der Waals surface area contributed by atoms with Gasteiger partial charge in [0.25, 0.3) is 0 Å². The molecule has 1 saturated heterocycles. The number of pyridine rings is 2. The number of piperidine rings is 1. The van der Waals surface area contributed by atoms with Gasteiger partial charge >= 0.3 is 0 Å². The van der Waals surface area contributed by atoms with Crippen LogP contribution in [0.1, 0.15) is 41.5 Å². The van der Waals surface area contributed by atoms with Crippen molar-refractivity contribution in [3.05, 3.63) is 77.6 Å². The number of rotatable bonds is 5. The maximum Gasteiger partial charge on any atom is 0.246 e. The van der Waals surface area contributed by atoms with E-state index in [9.17, 15) is 4.79 Å². The molecule has 0 radical (unpaired) electrons. The van der Waals surface area contributed by atoms with Gasteiger partial charge in [0.2, 0.25) is 5.91 Å². The number of anilines is 2. The Bertz CT molecular complexity index is 1040. The minimum absolute atomic E-state index is 0.00575. The number of hydrogen-bond acceptors (Lipinski definition) is 5. The van der Waals surface area contributed by atoms with Crippen LogP contribution in [0.3, 0.4) is 0 Å². The lowest BCUT2D eigenvalue weighted by atomic mass is 9.93. The van der Waals surface area contributed by atoms with E-state index in [2.05, 4.69) is 16.4 Å². The average molecular weight is 402 g/mol. The lowest BCUT2D eigenvalue weighted by molar-refractivity contribution is -0.127. The Kier molecular flexibility index (Phi) is 5.93. The summed E-state index contributed by atoms with van der Waals surface area (Å²) in [6.45, 7) is 5.46. The summed E-state index contributed by atoms with van der Waals surface area (Å²) in [4.78, 5) is 23.7. The first kappa shape index (κ1) is 19.9. The van der Waals surface area contributed by atoms with Gasteiger partial charge in [-0.05, 0) is 68.7 Å². The maximum absolute atomic E-state index is 12.6. The number of aryl methyl sites for hydroxylation is 2. The largest absolute Gasteiger partial charge is 0.465 e. The normalized spacial score (nSPS) is 16.7. The van der Waals surface area contributed by atoms with Gasteiger partial charge in [-0.3, -0.25) is 9.78 Å². The van der Waals surface area contributed by atoms with Crippen molar-refractivity contribution in [3.8, 4) is 0 Å². The molecular weight excluding hydrogens is 376 g/mol. The molecule has 0 bridgehead atoms. The Morgan fingerprint density at radius 1 is 1.27 bits per heavy atom. The summed E-state index contributed by atoms with van der Waals surface area (Å²) < 4.78 is 5.27. The highest BCUT2D eigenvalue weighted by Gasteiger charge is 2.25. The summed E-state index contributed by atoms with van der Waals surface area (Å²) in [5.41, 5.74) is 4.02. The molecule has 154 valence electrons. The number of carbonyl (C=O) groups is 1. The van der Waals surface area contributed by atoms with E-state index in [4.69, 9.17) is 9.40 Å². The van der Waals surface area contributed by atoms with Crippen LogP contribution in [-0.4, -0.2) is 33.9 Å². The first-order valence-corrected chi connectivity index (χ1v) is 10.3. The fraction of sp³-hybridized carbons (Fsp3) is 0.292. The summed E-state index contributed by atoms with van der Waals surface area (Å²) in [5.74, 6) is 1.74. The Morgan fingerprint density at radius 3 is 2.97 bits per heavy atom. The van der Waals surface area contributed by atoms with Gasteiger partial charge < -0.3 is 14.6 Å². The van der Waals surface area contributed by atoms with Gasteiger partial charge in [-0.1, -0.05) is 6.07 Å².